The Kier molecular flexibility index (Phi) is 7.40. The van der Waals surface area contributed by atoms with Gasteiger partial charge in [-0.2, -0.15) is 0 Å². The van der Waals surface area contributed by atoms with Crippen LogP contribution in [0.2, 0.25) is 0 Å². The van der Waals surface area contributed by atoms with Crippen LogP contribution >= 0.6 is 0 Å². The predicted molar refractivity (Wildman–Crippen MR) is 116 cm³/mol. The third kappa shape index (κ3) is 6.18. The molecule has 1 amide bonds. The second-order valence-electron chi connectivity index (χ2n) is 7.11. The number of halogens is 1. The number of hydrogen-bond acceptors (Lipinski definition) is 1. The van der Waals surface area contributed by atoms with Gasteiger partial charge in [0.15, 0.2) is 0 Å². The van der Waals surface area contributed by atoms with Gasteiger partial charge in [-0.05, 0) is 47.9 Å². The average molecular weight is 391 g/mol. The Morgan fingerprint density at radius 3 is 2.66 bits per heavy atom. The van der Waals surface area contributed by atoms with Gasteiger partial charge in [0.2, 0.25) is 5.91 Å². The highest BCUT2D eigenvalue weighted by molar-refractivity contribution is 5.91. The summed E-state index contributed by atoms with van der Waals surface area (Å²) in [6, 6.07) is 20.4. The first kappa shape index (κ1) is 20.6. The zero-order valence-electron chi connectivity index (χ0n) is 16.8. The van der Waals surface area contributed by atoms with Crippen LogP contribution in [0.1, 0.15) is 36.6 Å². The summed E-state index contributed by atoms with van der Waals surface area (Å²) in [5, 5.41) is 0. The molecular weight excluding hydrogens is 363 g/mol. The van der Waals surface area contributed by atoms with Crippen molar-refractivity contribution < 1.29 is 9.18 Å². The number of aromatic nitrogens is 1. The zero-order valence-corrected chi connectivity index (χ0v) is 16.8. The Morgan fingerprint density at radius 1 is 1.07 bits per heavy atom. The largest absolute Gasteiger partial charge is 0.345 e. The van der Waals surface area contributed by atoms with Crippen LogP contribution in [-0.4, -0.2) is 21.9 Å². The van der Waals surface area contributed by atoms with Crippen molar-refractivity contribution in [2.24, 2.45) is 0 Å². The summed E-state index contributed by atoms with van der Waals surface area (Å²) in [6.45, 7) is 3.94. The van der Waals surface area contributed by atoms with Crippen molar-refractivity contribution in [3.63, 3.8) is 0 Å². The van der Waals surface area contributed by atoms with E-state index in [9.17, 15) is 9.18 Å². The van der Waals surface area contributed by atoms with Crippen molar-refractivity contribution in [2.45, 2.75) is 32.9 Å². The highest BCUT2D eigenvalue weighted by Gasteiger charge is 2.13. The first-order chi connectivity index (χ1) is 14.2. The van der Waals surface area contributed by atoms with Gasteiger partial charge < -0.3 is 9.47 Å². The molecule has 0 radical (unpaired) electrons. The van der Waals surface area contributed by atoms with Crippen molar-refractivity contribution in [3.05, 3.63) is 102 Å². The van der Waals surface area contributed by atoms with Gasteiger partial charge in [-0.25, -0.2) is 4.39 Å². The minimum atomic E-state index is -0.234. The number of carbonyl (C=O) groups is 1. The van der Waals surface area contributed by atoms with E-state index in [-0.39, 0.29) is 11.7 Å². The maximum Gasteiger partial charge on any atom is 0.246 e. The summed E-state index contributed by atoms with van der Waals surface area (Å²) < 4.78 is 15.6. The highest BCUT2D eigenvalue weighted by atomic mass is 19.1. The van der Waals surface area contributed by atoms with Crippen molar-refractivity contribution in [2.75, 3.05) is 6.54 Å². The van der Waals surface area contributed by atoms with Crippen molar-refractivity contribution in [1.29, 1.82) is 0 Å². The molecule has 0 fully saturated rings. The molecule has 0 aliphatic heterocycles. The van der Waals surface area contributed by atoms with E-state index < -0.39 is 0 Å². The summed E-state index contributed by atoms with van der Waals surface area (Å²) in [6.07, 6.45) is 7.45. The molecule has 0 saturated carbocycles. The van der Waals surface area contributed by atoms with E-state index in [0.717, 1.165) is 29.7 Å². The SMILES string of the molecule is CCCCN(Cc1cccn1Cc1cccc(F)c1)C(=O)C=Cc1ccccc1. The summed E-state index contributed by atoms with van der Waals surface area (Å²) in [7, 11) is 0. The van der Waals surface area contributed by atoms with Crippen molar-refractivity contribution in [1.82, 2.24) is 9.47 Å². The van der Waals surface area contributed by atoms with E-state index >= 15 is 0 Å². The molecule has 0 bridgehead atoms. The topological polar surface area (TPSA) is 25.2 Å². The Labute approximate surface area is 172 Å². The number of benzene rings is 2. The number of amides is 1. The molecule has 0 saturated heterocycles. The molecule has 1 aromatic heterocycles. The third-order valence-electron chi connectivity index (χ3n) is 4.83. The van der Waals surface area contributed by atoms with Gasteiger partial charge in [0, 0.05) is 31.1 Å². The summed E-state index contributed by atoms with van der Waals surface area (Å²) in [5.41, 5.74) is 2.94. The Morgan fingerprint density at radius 2 is 1.90 bits per heavy atom. The van der Waals surface area contributed by atoms with Gasteiger partial charge >= 0.3 is 0 Å². The molecule has 4 heteroatoms. The Balaban J connectivity index is 1.72. The van der Waals surface area contributed by atoms with Crippen LogP contribution in [0.25, 0.3) is 6.08 Å². The molecule has 0 aliphatic carbocycles. The summed E-state index contributed by atoms with van der Waals surface area (Å²) >= 11 is 0. The number of carbonyl (C=O) groups excluding carboxylic acids is 1. The van der Waals surface area contributed by atoms with Crippen LogP contribution in [-0.2, 0) is 17.9 Å². The summed E-state index contributed by atoms with van der Waals surface area (Å²) in [5.74, 6) is -0.234. The van der Waals surface area contributed by atoms with E-state index in [1.807, 2.05) is 65.7 Å². The Bertz CT molecular complexity index is 946. The molecule has 1 heterocycles. The van der Waals surface area contributed by atoms with Crippen molar-refractivity contribution >= 4 is 12.0 Å². The van der Waals surface area contributed by atoms with Crippen molar-refractivity contribution in [3.8, 4) is 0 Å². The van der Waals surface area contributed by atoms with Gasteiger partial charge in [0.1, 0.15) is 5.82 Å². The molecule has 3 nitrogen and oxygen atoms in total. The Hall–Kier alpha value is -3.14. The van der Waals surface area contributed by atoms with Crippen LogP contribution in [0, 0.1) is 5.82 Å². The van der Waals surface area contributed by atoms with E-state index in [4.69, 9.17) is 0 Å². The van der Waals surface area contributed by atoms with Crippen LogP contribution in [0.15, 0.2) is 79.0 Å². The smallest absolute Gasteiger partial charge is 0.246 e. The molecule has 0 aliphatic rings. The number of hydrogen-bond donors (Lipinski definition) is 0. The maximum absolute atomic E-state index is 13.5. The lowest BCUT2D eigenvalue weighted by atomic mass is 10.2. The fourth-order valence-corrected chi connectivity index (χ4v) is 3.23. The molecular formula is C25H27FN2O. The lowest BCUT2D eigenvalue weighted by Crippen LogP contribution is -2.31. The minimum absolute atomic E-state index is 0.000749. The van der Waals surface area contributed by atoms with Crippen LogP contribution in [0.5, 0.6) is 0 Å². The fourth-order valence-electron chi connectivity index (χ4n) is 3.23. The lowest BCUT2D eigenvalue weighted by Gasteiger charge is -2.22. The quantitative estimate of drug-likeness (QED) is 0.442. The first-order valence-corrected chi connectivity index (χ1v) is 10.1. The van der Waals surface area contributed by atoms with E-state index in [1.54, 1.807) is 18.2 Å². The minimum Gasteiger partial charge on any atom is -0.345 e. The molecule has 3 aromatic rings. The third-order valence-corrected chi connectivity index (χ3v) is 4.83. The zero-order chi connectivity index (χ0) is 20.5. The van der Waals surface area contributed by atoms with E-state index in [1.165, 1.54) is 6.07 Å². The molecule has 0 N–H and O–H groups in total. The highest BCUT2D eigenvalue weighted by Crippen LogP contribution is 2.13. The molecule has 0 unspecified atom stereocenters. The number of nitrogens with zero attached hydrogens (tertiary/aromatic N) is 2. The van der Waals surface area contributed by atoms with Crippen LogP contribution < -0.4 is 0 Å². The summed E-state index contributed by atoms with van der Waals surface area (Å²) in [4.78, 5) is 14.7. The van der Waals surface area contributed by atoms with Crippen LogP contribution in [0.4, 0.5) is 4.39 Å². The first-order valence-electron chi connectivity index (χ1n) is 10.1. The van der Waals surface area contributed by atoms with Gasteiger partial charge in [0.05, 0.1) is 6.54 Å². The predicted octanol–water partition coefficient (Wildman–Crippen LogP) is 5.52. The molecule has 3 rings (SSSR count). The second kappa shape index (κ2) is 10.4. The van der Waals surface area contributed by atoms with Gasteiger partial charge in [0.25, 0.3) is 0 Å². The molecule has 0 spiro atoms. The maximum atomic E-state index is 13.5. The van der Waals surface area contributed by atoms with E-state index in [0.29, 0.717) is 19.6 Å². The van der Waals surface area contributed by atoms with Crippen LogP contribution in [0.3, 0.4) is 0 Å². The standard InChI is InChI=1S/C25H27FN2O/c1-2-3-16-28(25(29)15-14-21-9-5-4-6-10-21)20-24-13-8-17-27(24)19-22-11-7-12-23(26)18-22/h4-15,17-18H,2-3,16,19-20H2,1H3. The monoisotopic (exact) mass is 390 g/mol. The molecule has 0 atom stereocenters. The number of rotatable bonds is 9. The fraction of sp³-hybridized carbons (Fsp3) is 0.240. The van der Waals surface area contributed by atoms with E-state index in [2.05, 4.69) is 11.5 Å². The van der Waals surface area contributed by atoms with Gasteiger partial charge in [-0.1, -0.05) is 55.8 Å². The number of unbranched alkanes of at least 4 members (excludes halogenated alkanes) is 1. The average Bonchev–Trinajstić information content (AvgIpc) is 3.16. The van der Waals surface area contributed by atoms with Gasteiger partial charge in [-0.15, -0.1) is 0 Å². The molecule has 150 valence electrons. The second-order valence-corrected chi connectivity index (χ2v) is 7.11. The lowest BCUT2D eigenvalue weighted by molar-refractivity contribution is -0.126. The molecule has 29 heavy (non-hydrogen) atoms. The molecule has 2 aromatic carbocycles. The van der Waals surface area contributed by atoms with Gasteiger partial charge in [-0.3, -0.25) is 4.79 Å². The normalized spacial score (nSPS) is 11.1.